The summed E-state index contributed by atoms with van der Waals surface area (Å²) in [7, 11) is 0. The van der Waals surface area contributed by atoms with E-state index in [0.717, 1.165) is 21.8 Å². The van der Waals surface area contributed by atoms with Crippen molar-refractivity contribution in [3.8, 4) is 5.75 Å². The number of aromatic nitrogens is 2. The van der Waals surface area contributed by atoms with Crippen molar-refractivity contribution in [2.24, 2.45) is 0 Å². The normalized spacial score (nSPS) is 10.7. The van der Waals surface area contributed by atoms with E-state index in [1.807, 2.05) is 36.6 Å². The third-order valence-electron chi connectivity index (χ3n) is 2.91. The van der Waals surface area contributed by atoms with Crippen LogP contribution in [-0.2, 0) is 6.54 Å². The Morgan fingerprint density at radius 1 is 1.25 bits per heavy atom. The number of hydrogen-bond acceptors (Lipinski definition) is 5. The molecule has 0 atom stereocenters. The molecular formula is C15H15N3OS. The molecule has 0 saturated heterocycles. The van der Waals surface area contributed by atoms with Crippen LogP contribution in [0.25, 0.3) is 10.2 Å². The lowest BCUT2D eigenvalue weighted by Crippen LogP contribution is -2.02. The van der Waals surface area contributed by atoms with Crippen LogP contribution in [0.2, 0.25) is 0 Å². The van der Waals surface area contributed by atoms with E-state index in [1.165, 1.54) is 5.56 Å². The van der Waals surface area contributed by atoms with E-state index in [2.05, 4.69) is 21.4 Å². The van der Waals surface area contributed by atoms with Crippen molar-refractivity contribution in [2.45, 2.75) is 13.5 Å². The number of rotatable bonds is 5. The van der Waals surface area contributed by atoms with Gasteiger partial charge in [0.05, 0.1) is 16.8 Å². The largest absolute Gasteiger partial charge is 0.494 e. The van der Waals surface area contributed by atoms with Gasteiger partial charge in [-0.1, -0.05) is 12.1 Å². The molecule has 0 aliphatic rings. The summed E-state index contributed by atoms with van der Waals surface area (Å²) in [6.45, 7) is 3.38. The Hall–Kier alpha value is -2.14. The second-order valence-electron chi connectivity index (χ2n) is 4.29. The second-order valence-corrected chi connectivity index (χ2v) is 5.21. The molecule has 0 saturated carbocycles. The first kappa shape index (κ1) is 12.9. The molecule has 0 unspecified atom stereocenters. The quantitative estimate of drug-likeness (QED) is 0.776. The highest BCUT2D eigenvalue weighted by molar-refractivity contribution is 7.17. The maximum absolute atomic E-state index is 5.51. The monoisotopic (exact) mass is 285 g/mol. The first-order valence-electron chi connectivity index (χ1n) is 6.50. The summed E-state index contributed by atoms with van der Waals surface area (Å²) in [6.07, 6.45) is 1.59. The van der Waals surface area contributed by atoms with Gasteiger partial charge in [0.1, 0.15) is 17.9 Å². The lowest BCUT2D eigenvalue weighted by atomic mass is 10.2. The first-order chi connectivity index (χ1) is 9.86. The van der Waals surface area contributed by atoms with E-state index in [9.17, 15) is 0 Å². The van der Waals surface area contributed by atoms with Gasteiger partial charge in [-0.25, -0.2) is 9.97 Å². The van der Waals surface area contributed by atoms with Crippen molar-refractivity contribution >= 4 is 27.4 Å². The molecule has 1 aromatic carbocycles. The SMILES string of the molecule is CCOc1cccc(CNc2ncnc3ccsc23)c1. The van der Waals surface area contributed by atoms with Crippen LogP contribution in [0, 0.1) is 0 Å². The highest BCUT2D eigenvalue weighted by Crippen LogP contribution is 2.25. The van der Waals surface area contributed by atoms with Crippen LogP contribution >= 0.6 is 11.3 Å². The summed E-state index contributed by atoms with van der Waals surface area (Å²) >= 11 is 1.65. The molecule has 3 rings (SSSR count). The molecule has 4 nitrogen and oxygen atoms in total. The van der Waals surface area contributed by atoms with Gasteiger partial charge in [-0.2, -0.15) is 0 Å². The average Bonchev–Trinajstić information content (AvgIpc) is 2.95. The van der Waals surface area contributed by atoms with Gasteiger partial charge in [0, 0.05) is 6.54 Å². The predicted octanol–water partition coefficient (Wildman–Crippen LogP) is 3.70. The van der Waals surface area contributed by atoms with Crippen LogP contribution in [0.4, 0.5) is 5.82 Å². The third-order valence-corrected chi connectivity index (χ3v) is 3.82. The van der Waals surface area contributed by atoms with Gasteiger partial charge in [0.25, 0.3) is 0 Å². The lowest BCUT2D eigenvalue weighted by molar-refractivity contribution is 0.340. The van der Waals surface area contributed by atoms with Crippen molar-refractivity contribution in [2.75, 3.05) is 11.9 Å². The fraction of sp³-hybridized carbons (Fsp3) is 0.200. The zero-order chi connectivity index (χ0) is 13.8. The zero-order valence-corrected chi connectivity index (χ0v) is 12.0. The Labute approximate surface area is 121 Å². The number of anilines is 1. The van der Waals surface area contributed by atoms with Crippen LogP contribution in [0.5, 0.6) is 5.75 Å². The molecule has 102 valence electrons. The fourth-order valence-electron chi connectivity index (χ4n) is 2.01. The van der Waals surface area contributed by atoms with Crippen molar-refractivity contribution in [1.82, 2.24) is 9.97 Å². The number of nitrogens with one attached hydrogen (secondary N) is 1. The van der Waals surface area contributed by atoms with Crippen LogP contribution in [-0.4, -0.2) is 16.6 Å². The van der Waals surface area contributed by atoms with Crippen LogP contribution in [0.3, 0.4) is 0 Å². The predicted molar refractivity (Wildman–Crippen MR) is 82.4 cm³/mol. The van der Waals surface area contributed by atoms with E-state index < -0.39 is 0 Å². The number of hydrogen-bond donors (Lipinski definition) is 1. The average molecular weight is 285 g/mol. The summed E-state index contributed by atoms with van der Waals surface area (Å²) in [5.41, 5.74) is 2.15. The number of fused-ring (bicyclic) bond motifs is 1. The Balaban J connectivity index is 1.76. The number of thiophene rings is 1. The molecule has 1 N–H and O–H groups in total. The van der Waals surface area contributed by atoms with E-state index in [0.29, 0.717) is 13.2 Å². The molecule has 0 fully saturated rings. The molecule has 0 spiro atoms. The molecule has 0 aliphatic carbocycles. The molecule has 0 aliphatic heterocycles. The topological polar surface area (TPSA) is 47.0 Å². The van der Waals surface area contributed by atoms with Gasteiger partial charge in [-0.15, -0.1) is 11.3 Å². The van der Waals surface area contributed by atoms with Crippen LogP contribution < -0.4 is 10.1 Å². The van der Waals surface area contributed by atoms with Crippen molar-refractivity contribution in [3.63, 3.8) is 0 Å². The van der Waals surface area contributed by atoms with Gasteiger partial charge in [0.15, 0.2) is 0 Å². The standard InChI is InChI=1S/C15H15N3OS/c1-2-19-12-5-3-4-11(8-12)9-16-15-14-13(6-7-20-14)17-10-18-15/h3-8,10H,2,9H2,1H3,(H,16,17,18). The molecule has 3 aromatic rings. The van der Waals surface area contributed by atoms with Crippen LogP contribution in [0.1, 0.15) is 12.5 Å². The molecule has 5 heteroatoms. The van der Waals surface area contributed by atoms with Crippen LogP contribution in [0.15, 0.2) is 42.0 Å². The molecule has 20 heavy (non-hydrogen) atoms. The maximum Gasteiger partial charge on any atom is 0.147 e. The maximum atomic E-state index is 5.51. The fourth-order valence-corrected chi connectivity index (χ4v) is 2.82. The lowest BCUT2D eigenvalue weighted by Gasteiger charge is -2.08. The number of nitrogens with zero attached hydrogens (tertiary/aromatic N) is 2. The third kappa shape index (κ3) is 2.72. The van der Waals surface area contributed by atoms with Gasteiger partial charge in [-0.05, 0) is 36.1 Å². The summed E-state index contributed by atoms with van der Waals surface area (Å²) in [4.78, 5) is 8.54. The molecule has 2 aromatic heterocycles. The number of benzene rings is 1. The van der Waals surface area contributed by atoms with E-state index in [-0.39, 0.29) is 0 Å². The summed E-state index contributed by atoms with van der Waals surface area (Å²) < 4.78 is 6.60. The minimum absolute atomic E-state index is 0.679. The minimum atomic E-state index is 0.679. The number of ether oxygens (including phenoxy) is 1. The van der Waals surface area contributed by atoms with E-state index in [4.69, 9.17) is 4.74 Å². The van der Waals surface area contributed by atoms with E-state index >= 15 is 0 Å². The van der Waals surface area contributed by atoms with Crippen molar-refractivity contribution < 1.29 is 4.74 Å². The summed E-state index contributed by atoms with van der Waals surface area (Å²) in [5, 5.41) is 5.39. The van der Waals surface area contributed by atoms with Crippen molar-refractivity contribution in [1.29, 1.82) is 0 Å². The smallest absolute Gasteiger partial charge is 0.147 e. The van der Waals surface area contributed by atoms with Crippen molar-refractivity contribution in [3.05, 3.63) is 47.6 Å². The highest BCUT2D eigenvalue weighted by Gasteiger charge is 2.04. The van der Waals surface area contributed by atoms with Gasteiger partial charge >= 0.3 is 0 Å². The van der Waals surface area contributed by atoms with E-state index in [1.54, 1.807) is 17.7 Å². The molecule has 0 amide bonds. The Bertz CT molecular complexity index is 711. The van der Waals surface area contributed by atoms with Gasteiger partial charge < -0.3 is 10.1 Å². The second kappa shape index (κ2) is 5.88. The molecular weight excluding hydrogens is 270 g/mol. The minimum Gasteiger partial charge on any atom is -0.494 e. The summed E-state index contributed by atoms with van der Waals surface area (Å²) in [6, 6.07) is 10.1. The Kier molecular flexibility index (Phi) is 3.78. The zero-order valence-electron chi connectivity index (χ0n) is 11.2. The Morgan fingerprint density at radius 3 is 3.10 bits per heavy atom. The van der Waals surface area contributed by atoms with Gasteiger partial charge in [-0.3, -0.25) is 0 Å². The highest BCUT2D eigenvalue weighted by atomic mass is 32.1. The molecule has 2 heterocycles. The Morgan fingerprint density at radius 2 is 2.20 bits per heavy atom. The molecule has 0 radical (unpaired) electrons. The summed E-state index contributed by atoms with van der Waals surface area (Å²) in [5.74, 6) is 1.78. The first-order valence-corrected chi connectivity index (χ1v) is 7.38. The molecule has 0 bridgehead atoms. The van der Waals surface area contributed by atoms with Gasteiger partial charge in [0.2, 0.25) is 0 Å².